The summed E-state index contributed by atoms with van der Waals surface area (Å²) in [7, 11) is 1.80. The molecule has 0 aliphatic carbocycles. The van der Waals surface area contributed by atoms with Crippen molar-refractivity contribution in [3.8, 4) is 0 Å². The molecule has 0 heterocycles. The summed E-state index contributed by atoms with van der Waals surface area (Å²) in [5.41, 5.74) is 4.74. The van der Waals surface area contributed by atoms with Crippen LogP contribution in [0.3, 0.4) is 0 Å². The first-order valence-electron chi connectivity index (χ1n) is 4.80. The van der Waals surface area contributed by atoms with E-state index in [2.05, 4.69) is 31.3 Å². The van der Waals surface area contributed by atoms with E-state index >= 15 is 0 Å². The lowest BCUT2D eigenvalue weighted by atomic mass is 9.96. The normalized spacial score (nSPS) is 12.6. The molecule has 0 aliphatic rings. The molecule has 14 heavy (non-hydrogen) atoms. The van der Waals surface area contributed by atoms with E-state index in [9.17, 15) is 4.79 Å². The van der Waals surface area contributed by atoms with Crippen molar-refractivity contribution in [1.82, 2.24) is 5.32 Å². The molecule has 0 saturated heterocycles. The molecule has 2 heteroatoms. The Balaban J connectivity index is 3.20. The topological polar surface area (TPSA) is 29.1 Å². The number of benzene rings is 1. The lowest BCUT2D eigenvalue weighted by Crippen LogP contribution is -2.18. The first kappa shape index (κ1) is 10.9. The van der Waals surface area contributed by atoms with Crippen LogP contribution in [-0.2, 0) is 4.79 Å². The predicted molar refractivity (Wildman–Crippen MR) is 58.5 cm³/mol. The van der Waals surface area contributed by atoms with Gasteiger partial charge in [-0.05, 0) is 50.1 Å². The Bertz CT molecular complexity index is 344. The lowest BCUT2D eigenvalue weighted by molar-refractivity contribution is -0.109. The second-order valence-corrected chi connectivity index (χ2v) is 3.70. The number of rotatable bonds is 3. The highest BCUT2D eigenvalue weighted by Gasteiger charge is 2.11. The van der Waals surface area contributed by atoms with E-state index in [0.29, 0.717) is 0 Å². The minimum Gasteiger partial charge on any atom is -0.307 e. The van der Waals surface area contributed by atoms with Crippen LogP contribution in [-0.4, -0.2) is 13.3 Å². The van der Waals surface area contributed by atoms with E-state index in [0.717, 1.165) is 11.8 Å². The summed E-state index contributed by atoms with van der Waals surface area (Å²) in [4.78, 5) is 10.8. The zero-order valence-corrected chi connectivity index (χ0v) is 9.22. The minimum atomic E-state index is -0.186. The summed E-state index contributed by atoms with van der Waals surface area (Å²) in [6, 6.07) is 4.02. The van der Waals surface area contributed by atoms with Gasteiger partial charge in [0.25, 0.3) is 0 Å². The van der Waals surface area contributed by atoms with Crippen molar-refractivity contribution in [2.24, 2.45) is 0 Å². The van der Waals surface area contributed by atoms with E-state index in [1.165, 1.54) is 16.7 Å². The molecule has 76 valence electrons. The maximum atomic E-state index is 10.8. The molecule has 1 N–H and O–H groups in total. The van der Waals surface area contributed by atoms with Gasteiger partial charge in [-0.25, -0.2) is 0 Å². The first-order chi connectivity index (χ1) is 6.60. The van der Waals surface area contributed by atoms with Crippen molar-refractivity contribution in [2.75, 3.05) is 7.05 Å². The second kappa shape index (κ2) is 4.38. The molecule has 0 radical (unpaired) electrons. The Morgan fingerprint density at radius 2 is 1.71 bits per heavy atom. The maximum Gasteiger partial charge on any atom is 0.141 e. The molecule has 1 aromatic rings. The third kappa shape index (κ3) is 2.02. The summed E-state index contributed by atoms with van der Waals surface area (Å²) in [5, 5.41) is 2.99. The van der Waals surface area contributed by atoms with Gasteiger partial charge in [0.05, 0.1) is 6.04 Å². The van der Waals surface area contributed by atoms with Gasteiger partial charge in [-0.3, -0.25) is 0 Å². The van der Waals surface area contributed by atoms with Crippen LogP contribution in [0.2, 0.25) is 0 Å². The van der Waals surface area contributed by atoms with Crippen LogP contribution >= 0.6 is 0 Å². The SMILES string of the molecule is CNC(C=O)c1cc(C)c(C)cc1C. The third-order valence-electron chi connectivity index (χ3n) is 2.66. The second-order valence-electron chi connectivity index (χ2n) is 3.70. The van der Waals surface area contributed by atoms with Crippen molar-refractivity contribution in [1.29, 1.82) is 0 Å². The van der Waals surface area contributed by atoms with Crippen LogP contribution < -0.4 is 5.32 Å². The molecular weight excluding hydrogens is 174 g/mol. The molecule has 0 fully saturated rings. The molecule has 0 aliphatic heterocycles. The quantitative estimate of drug-likeness (QED) is 0.741. The fourth-order valence-electron chi connectivity index (χ4n) is 1.61. The Kier molecular flexibility index (Phi) is 3.42. The molecule has 2 nitrogen and oxygen atoms in total. The van der Waals surface area contributed by atoms with E-state index < -0.39 is 0 Å². The number of aldehydes is 1. The smallest absolute Gasteiger partial charge is 0.141 e. The number of aryl methyl sites for hydroxylation is 3. The van der Waals surface area contributed by atoms with Crippen LogP contribution in [0.15, 0.2) is 12.1 Å². The largest absolute Gasteiger partial charge is 0.307 e. The Morgan fingerprint density at radius 1 is 1.14 bits per heavy atom. The van der Waals surface area contributed by atoms with E-state index in [1.807, 2.05) is 6.92 Å². The summed E-state index contributed by atoms with van der Waals surface area (Å²) in [6.07, 6.45) is 0.942. The molecule has 1 unspecified atom stereocenters. The van der Waals surface area contributed by atoms with Crippen LogP contribution in [0.25, 0.3) is 0 Å². The number of likely N-dealkylation sites (N-methyl/N-ethyl adjacent to an activating group) is 1. The summed E-state index contributed by atoms with van der Waals surface area (Å²) in [5.74, 6) is 0. The van der Waals surface area contributed by atoms with Crippen LogP contribution in [0.4, 0.5) is 0 Å². The Labute approximate surface area is 85.3 Å². The van der Waals surface area contributed by atoms with E-state index in [4.69, 9.17) is 0 Å². The zero-order valence-electron chi connectivity index (χ0n) is 9.22. The fourth-order valence-corrected chi connectivity index (χ4v) is 1.61. The van der Waals surface area contributed by atoms with Crippen LogP contribution in [0, 0.1) is 20.8 Å². The number of hydrogen-bond acceptors (Lipinski definition) is 2. The van der Waals surface area contributed by atoms with Gasteiger partial charge in [0.1, 0.15) is 6.29 Å². The first-order valence-corrected chi connectivity index (χ1v) is 4.80. The molecule has 1 atom stereocenters. The van der Waals surface area contributed by atoms with Crippen LogP contribution in [0.1, 0.15) is 28.3 Å². The number of carbonyl (C=O) groups is 1. The molecule has 0 saturated carbocycles. The van der Waals surface area contributed by atoms with Crippen molar-refractivity contribution in [3.05, 3.63) is 34.4 Å². The number of nitrogens with one attached hydrogen (secondary N) is 1. The standard InChI is InChI=1S/C12H17NO/c1-8-5-10(3)11(6-9(8)2)12(7-14)13-4/h5-7,12-13H,1-4H3. The molecule has 0 aromatic heterocycles. The highest BCUT2D eigenvalue weighted by molar-refractivity contribution is 5.63. The highest BCUT2D eigenvalue weighted by Crippen LogP contribution is 2.20. The number of carbonyl (C=O) groups excluding carboxylic acids is 1. The summed E-state index contributed by atoms with van der Waals surface area (Å²) in [6.45, 7) is 6.19. The molecular formula is C12H17NO. The van der Waals surface area contributed by atoms with Gasteiger partial charge in [-0.2, -0.15) is 0 Å². The Hall–Kier alpha value is -1.15. The third-order valence-corrected chi connectivity index (χ3v) is 2.66. The summed E-state index contributed by atoms with van der Waals surface area (Å²) >= 11 is 0. The minimum absolute atomic E-state index is 0.186. The molecule has 0 bridgehead atoms. The van der Waals surface area contributed by atoms with Crippen molar-refractivity contribution in [2.45, 2.75) is 26.8 Å². The lowest BCUT2D eigenvalue weighted by Gasteiger charge is -2.14. The van der Waals surface area contributed by atoms with Crippen molar-refractivity contribution >= 4 is 6.29 Å². The molecule has 0 spiro atoms. The van der Waals surface area contributed by atoms with Crippen LogP contribution in [0.5, 0.6) is 0 Å². The number of hydrogen-bond donors (Lipinski definition) is 1. The highest BCUT2D eigenvalue weighted by atomic mass is 16.1. The van der Waals surface area contributed by atoms with Gasteiger partial charge in [0, 0.05) is 0 Å². The Morgan fingerprint density at radius 3 is 2.21 bits per heavy atom. The fraction of sp³-hybridized carbons (Fsp3) is 0.417. The molecule has 1 rings (SSSR count). The van der Waals surface area contributed by atoms with Gasteiger partial charge in [0.2, 0.25) is 0 Å². The molecule has 1 aromatic carbocycles. The van der Waals surface area contributed by atoms with E-state index in [1.54, 1.807) is 7.05 Å². The predicted octanol–water partition coefficient (Wildman–Crippen LogP) is 2.07. The van der Waals surface area contributed by atoms with Gasteiger partial charge in [-0.15, -0.1) is 0 Å². The van der Waals surface area contributed by atoms with Gasteiger partial charge in [0.15, 0.2) is 0 Å². The van der Waals surface area contributed by atoms with Gasteiger partial charge >= 0.3 is 0 Å². The van der Waals surface area contributed by atoms with Gasteiger partial charge in [-0.1, -0.05) is 12.1 Å². The molecule has 0 amide bonds. The average molecular weight is 191 g/mol. The monoisotopic (exact) mass is 191 g/mol. The van der Waals surface area contributed by atoms with Gasteiger partial charge < -0.3 is 10.1 Å². The van der Waals surface area contributed by atoms with E-state index in [-0.39, 0.29) is 6.04 Å². The van der Waals surface area contributed by atoms with Crippen molar-refractivity contribution in [3.63, 3.8) is 0 Å². The zero-order chi connectivity index (χ0) is 10.7. The van der Waals surface area contributed by atoms with Crippen molar-refractivity contribution < 1.29 is 4.79 Å². The average Bonchev–Trinajstić information content (AvgIpc) is 2.15. The maximum absolute atomic E-state index is 10.8. The summed E-state index contributed by atoms with van der Waals surface area (Å²) < 4.78 is 0.